The summed E-state index contributed by atoms with van der Waals surface area (Å²) in [6.45, 7) is 1.98. The van der Waals surface area contributed by atoms with Crippen LogP contribution in [-0.4, -0.2) is 6.29 Å². The summed E-state index contributed by atoms with van der Waals surface area (Å²) in [4.78, 5) is 10.5. The molecular formula is C14H13NO. The monoisotopic (exact) mass is 211 g/mol. The van der Waals surface area contributed by atoms with E-state index < -0.39 is 0 Å². The summed E-state index contributed by atoms with van der Waals surface area (Å²) in [6.07, 6.45) is 0.841. The fourth-order valence-electron chi connectivity index (χ4n) is 1.57. The Labute approximate surface area is 94.7 Å². The maximum Gasteiger partial charge on any atom is 0.150 e. The van der Waals surface area contributed by atoms with Crippen LogP contribution in [0.4, 0.5) is 5.69 Å². The summed E-state index contributed by atoms with van der Waals surface area (Å²) >= 11 is 0. The van der Waals surface area contributed by atoms with Gasteiger partial charge in [0.1, 0.15) is 6.29 Å². The summed E-state index contributed by atoms with van der Waals surface area (Å²) in [5, 5.41) is 0. The van der Waals surface area contributed by atoms with Gasteiger partial charge in [0, 0.05) is 11.3 Å². The minimum atomic E-state index is 0.684. The Bertz CT molecular complexity index is 515. The quantitative estimate of drug-likeness (QED) is 0.612. The van der Waals surface area contributed by atoms with Gasteiger partial charge in [0.2, 0.25) is 0 Å². The smallest absolute Gasteiger partial charge is 0.150 e. The Kier molecular flexibility index (Phi) is 2.73. The SMILES string of the molecule is Cc1ccc(-c2ccc(C=O)cc2)cc1N. The molecule has 80 valence electrons. The van der Waals surface area contributed by atoms with Crippen molar-refractivity contribution in [2.45, 2.75) is 6.92 Å². The van der Waals surface area contributed by atoms with E-state index in [2.05, 4.69) is 0 Å². The fraction of sp³-hybridized carbons (Fsp3) is 0.0714. The molecule has 0 aliphatic rings. The molecule has 2 N–H and O–H groups in total. The summed E-state index contributed by atoms with van der Waals surface area (Å²) in [5.74, 6) is 0. The van der Waals surface area contributed by atoms with E-state index in [1.807, 2.05) is 37.3 Å². The van der Waals surface area contributed by atoms with E-state index in [4.69, 9.17) is 5.73 Å². The largest absolute Gasteiger partial charge is 0.398 e. The molecule has 0 amide bonds. The molecule has 2 aromatic rings. The van der Waals surface area contributed by atoms with Crippen molar-refractivity contribution in [3.63, 3.8) is 0 Å². The van der Waals surface area contributed by atoms with Crippen LogP contribution in [0.25, 0.3) is 11.1 Å². The van der Waals surface area contributed by atoms with Gasteiger partial charge in [-0.05, 0) is 29.7 Å². The Morgan fingerprint density at radius 1 is 1.00 bits per heavy atom. The third-order valence-electron chi connectivity index (χ3n) is 2.66. The first-order valence-corrected chi connectivity index (χ1v) is 5.12. The summed E-state index contributed by atoms with van der Waals surface area (Å²) in [6, 6.07) is 13.4. The standard InChI is InChI=1S/C14H13NO/c1-10-2-5-13(8-14(10)15)12-6-3-11(9-16)4-7-12/h2-9H,15H2,1H3. The van der Waals surface area contributed by atoms with Crippen molar-refractivity contribution in [1.29, 1.82) is 0 Å². The molecule has 2 aromatic carbocycles. The maximum absolute atomic E-state index is 10.5. The van der Waals surface area contributed by atoms with Crippen LogP contribution in [0.1, 0.15) is 15.9 Å². The van der Waals surface area contributed by atoms with Crippen LogP contribution in [0.5, 0.6) is 0 Å². The maximum atomic E-state index is 10.5. The molecule has 0 saturated heterocycles. The van der Waals surface area contributed by atoms with Crippen LogP contribution in [0.3, 0.4) is 0 Å². The second kappa shape index (κ2) is 4.19. The minimum absolute atomic E-state index is 0.684. The van der Waals surface area contributed by atoms with Gasteiger partial charge in [-0.2, -0.15) is 0 Å². The summed E-state index contributed by atoms with van der Waals surface area (Å²) < 4.78 is 0. The average Bonchev–Trinajstić information content (AvgIpc) is 2.33. The van der Waals surface area contributed by atoms with Crippen molar-refractivity contribution >= 4 is 12.0 Å². The van der Waals surface area contributed by atoms with Crippen molar-refractivity contribution < 1.29 is 4.79 Å². The topological polar surface area (TPSA) is 43.1 Å². The number of aldehydes is 1. The van der Waals surface area contributed by atoms with E-state index in [1.54, 1.807) is 12.1 Å². The minimum Gasteiger partial charge on any atom is -0.398 e. The molecule has 0 spiro atoms. The first-order chi connectivity index (χ1) is 7.70. The van der Waals surface area contributed by atoms with Crippen LogP contribution in [0, 0.1) is 6.92 Å². The van der Waals surface area contributed by atoms with Gasteiger partial charge in [0.15, 0.2) is 0 Å². The lowest BCUT2D eigenvalue weighted by atomic mass is 10.0. The van der Waals surface area contributed by atoms with E-state index in [0.29, 0.717) is 5.56 Å². The third kappa shape index (κ3) is 1.96. The average molecular weight is 211 g/mol. The van der Waals surface area contributed by atoms with Crippen molar-refractivity contribution in [2.75, 3.05) is 5.73 Å². The molecule has 0 unspecified atom stereocenters. The number of hydrogen-bond donors (Lipinski definition) is 1. The zero-order chi connectivity index (χ0) is 11.5. The Morgan fingerprint density at radius 2 is 1.62 bits per heavy atom. The van der Waals surface area contributed by atoms with Gasteiger partial charge in [-0.15, -0.1) is 0 Å². The van der Waals surface area contributed by atoms with E-state index in [-0.39, 0.29) is 0 Å². The van der Waals surface area contributed by atoms with E-state index >= 15 is 0 Å². The molecule has 2 rings (SSSR count). The number of rotatable bonds is 2. The normalized spacial score (nSPS) is 10.1. The predicted octanol–water partition coefficient (Wildman–Crippen LogP) is 3.06. The van der Waals surface area contributed by atoms with Crippen LogP contribution in [0.2, 0.25) is 0 Å². The lowest BCUT2D eigenvalue weighted by Gasteiger charge is -2.05. The molecule has 0 bridgehead atoms. The highest BCUT2D eigenvalue weighted by molar-refractivity contribution is 5.77. The summed E-state index contributed by atoms with van der Waals surface area (Å²) in [7, 11) is 0. The molecule has 0 radical (unpaired) electrons. The molecule has 0 aliphatic heterocycles. The lowest BCUT2D eigenvalue weighted by Crippen LogP contribution is -1.90. The van der Waals surface area contributed by atoms with Gasteiger partial charge in [0.25, 0.3) is 0 Å². The molecule has 0 heterocycles. The number of nitrogens with two attached hydrogens (primary N) is 1. The van der Waals surface area contributed by atoms with Crippen molar-refractivity contribution in [2.24, 2.45) is 0 Å². The molecule has 0 fully saturated rings. The number of aryl methyl sites for hydroxylation is 1. The van der Waals surface area contributed by atoms with Crippen LogP contribution in [-0.2, 0) is 0 Å². The van der Waals surface area contributed by atoms with Crippen LogP contribution in [0.15, 0.2) is 42.5 Å². The highest BCUT2D eigenvalue weighted by Crippen LogP contribution is 2.23. The van der Waals surface area contributed by atoms with Crippen LogP contribution >= 0.6 is 0 Å². The Morgan fingerprint density at radius 3 is 2.19 bits per heavy atom. The molecule has 0 saturated carbocycles. The van der Waals surface area contributed by atoms with Gasteiger partial charge in [-0.3, -0.25) is 4.79 Å². The van der Waals surface area contributed by atoms with Crippen molar-refractivity contribution in [1.82, 2.24) is 0 Å². The molecule has 0 atom stereocenters. The number of anilines is 1. The second-order valence-electron chi connectivity index (χ2n) is 3.81. The van der Waals surface area contributed by atoms with Gasteiger partial charge >= 0.3 is 0 Å². The zero-order valence-electron chi connectivity index (χ0n) is 9.10. The van der Waals surface area contributed by atoms with Gasteiger partial charge < -0.3 is 5.73 Å². The second-order valence-corrected chi connectivity index (χ2v) is 3.81. The number of benzene rings is 2. The zero-order valence-corrected chi connectivity index (χ0v) is 9.10. The Balaban J connectivity index is 2.42. The predicted molar refractivity (Wildman–Crippen MR) is 66.4 cm³/mol. The van der Waals surface area contributed by atoms with Gasteiger partial charge in [-0.1, -0.05) is 36.4 Å². The number of nitrogen functional groups attached to an aromatic ring is 1. The molecule has 2 heteroatoms. The summed E-state index contributed by atoms with van der Waals surface area (Å²) in [5.41, 5.74) is 10.5. The Hall–Kier alpha value is -2.09. The first kappa shape index (κ1) is 10.4. The van der Waals surface area contributed by atoms with Crippen molar-refractivity contribution in [3.8, 4) is 11.1 Å². The number of hydrogen-bond acceptors (Lipinski definition) is 2. The first-order valence-electron chi connectivity index (χ1n) is 5.12. The molecule has 2 nitrogen and oxygen atoms in total. The molecule has 0 aliphatic carbocycles. The van der Waals surface area contributed by atoms with E-state index in [1.165, 1.54) is 0 Å². The van der Waals surface area contributed by atoms with Crippen molar-refractivity contribution in [3.05, 3.63) is 53.6 Å². The molecule has 0 aromatic heterocycles. The highest BCUT2D eigenvalue weighted by atomic mass is 16.1. The van der Waals surface area contributed by atoms with E-state index in [0.717, 1.165) is 28.7 Å². The van der Waals surface area contributed by atoms with Gasteiger partial charge in [0.05, 0.1) is 0 Å². The highest BCUT2D eigenvalue weighted by Gasteiger charge is 2.00. The third-order valence-corrected chi connectivity index (χ3v) is 2.66. The number of carbonyl (C=O) groups excluding carboxylic acids is 1. The molecular weight excluding hydrogens is 198 g/mol. The molecule has 16 heavy (non-hydrogen) atoms. The fourth-order valence-corrected chi connectivity index (χ4v) is 1.57. The van der Waals surface area contributed by atoms with Crippen LogP contribution < -0.4 is 5.73 Å². The number of carbonyl (C=O) groups is 1. The lowest BCUT2D eigenvalue weighted by molar-refractivity contribution is 0.112. The van der Waals surface area contributed by atoms with Gasteiger partial charge in [-0.25, -0.2) is 0 Å². The van der Waals surface area contributed by atoms with E-state index in [9.17, 15) is 4.79 Å².